The second kappa shape index (κ2) is 8.34. The minimum Gasteiger partial charge on any atom is -0.547 e. The van der Waals surface area contributed by atoms with Gasteiger partial charge in [-0.15, -0.1) is 0 Å². The topological polar surface area (TPSA) is 146 Å². The number of benzene rings is 2. The van der Waals surface area contributed by atoms with E-state index in [1.807, 2.05) is 18.2 Å². The Morgan fingerprint density at radius 3 is 2.34 bits per heavy atom. The molecule has 2 aromatic rings. The van der Waals surface area contributed by atoms with Crippen LogP contribution in [0.5, 0.6) is 5.75 Å². The van der Waals surface area contributed by atoms with E-state index in [0.29, 0.717) is 11.3 Å². The van der Waals surface area contributed by atoms with Crippen molar-refractivity contribution in [3.63, 3.8) is 0 Å². The molecule has 2 aromatic carbocycles. The molecule has 0 bridgehead atoms. The second-order valence-corrected chi connectivity index (χ2v) is 6.85. The minimum atomic E-state index is -1.95. The summed E-state index contributed by atoms with van der Waals surface area (Å²) in [5.41, 5.74) is 0.620. The molecule has 1 aliphatic heterocycles. The Labute approximate surface area is 166 Å². The van der Waals surface area contributed by atoms with Gasteiger partial charge in [0, 0.05) is 0 Å². The molecule has 29 heavy (non-hydrogen) atoms. The third kappa shape index (κ3) is 4.18. The van der Waals surface area contributed by atoms with Gasteiger partial charge in [-0.2, -0.15) is 0 Å². The maximum Gasteiger partial charge on any atom is 0.315 e. The predicted molar refractivity (Wildman–Crippen MR) is 96.7 cm³/mol. The number of ether oxygens (including phenoxy) is 3. The van der Waals surface area contributed by atoms with Crippen LogP contribution in [0.25, 0.3) is 10.8 Å². The number of aliphatic hydroxyl groups excluding tert-OH is 3. The highest BCUT2D eigenvalue weighted by Crippen LogP contribution is 2.28. The van der Waals surface area contributed by atoms with Crippen LogP contribution < -0.4 is 9.84 Å². The summed E-state index contributed by atoms with van der Waals surface area (Å²) in [6.07, 6.45) is -9.33. The summed E-state index contributed by atoms with van der Waals surface area (Å²) in [5.74, 6) is -2.68. The van der Waals surface area contributed by atoms with Crippen molar-refractivity contribution < 1.29 is 44.2 Å². The predicted octanol–water partition coefficient (Wildman–Crippen LogP) is -0.947. The van der Waals surface area contributed by atoms with Gasteiger partial charge < -0.3 is 39.4 Å². The standard InChI is InChI=1S/C20H22O9/c1-9(10-3-4-12-8-13(27-2)6-5-11(12)7-10)19(26)29-20-16(23)14(21)15(22)17(28-20)18(24)25/h3-9,14-17,20-23H,1-2H3,(H,24,25)/p-1. The fourth-order valence-corrected chi connectivity index (χ4v) is 3.13. The first-order valence-electron chi connectivity index (χ1n) is 8.91. The van der Waals surface area contributed by atoms with Crippen molar-refractivity contribution in [3.8, 4) is 5.75 Å². The van der Waals surface area contributed by atoms with E-state index in [2.05, 4.69) is 0 Å². The van der Waals surface area contributed by atoms with Gasteiger partial charge in [-0.25, -0.2) is 0 Å². The number of methoxy groups -OCH3 is 1. The fraction of sp³-hybridized carbons (Fsp3) is 0.400. The van der Waals surface area contributed by atoms with E-state index >= 15 is 0 Å². The van der Waals surface area contributed by atoms with Crippen molar-refractivity contribution in [2.45, 2.75) is 43.5 Å². The van der Waals surface area contributed by atoms with Crippen molar-refractivity contribution >= 4 is 22.7 Å². The first-order valence-corrected chi connectivity index (χ1v) is 8.91. The van der Waals surface area contributed by atoms with Crippen molar-refractivity contribution in [3.05, 3.63) is 42.0 Å². The Morgan fingerprint density at radius 1 is 1.03 bits per heavy atom. The van der Waals surface area contributed by atoms with Gasteiger partial charge in [0.1, 0.15) is 30.2 Å². The van der Waals surface area contributed by atoms with Crippen LogP contribution in [0.1, 0.15) is 18.4 Å². The highest BCUT2D eigenvalue weighted by atomic mass is 16.7. The maximum atomic E-state index is 12.5. The number of carbonyl (C=O) groups is 2. The number of carbonyl (C=O) groups excluding carboxylic acids is 2. The molecule has 1 heterocycles. The molecule has 1 fully saturated rings. The van der Waals surface area contributed by atoms with Crippen LogP contribution >= 0.6 is 0 Å². The smallest absolute Gasteiger partial charge is 0.315 e. The lowest BCUT2D eigenvalue weighted by molar-refractivity contribution is -0.346. The molecule has 3 N–H and O–H groups in total. The summed E-state index contributed by atoms with van der Waals surface area (Å²) in [5, 5.41) is 42.2. The molecular formula is C20H21O9-. The zero-order chi connectivity index (χ0) is 21.3. The van der Waals surface area contributed by atoms with E-state index < -0.39 is 48.6 Å². The highest BCUT2D eigenvalue weighted by Gasteiger charge is 2.46. The van der Waals surface area contributed by atoms with Crippen molar-refractivity contribution in [2.75, 3.05) is 7.11 Å². The molecule has 6 unspecified atom stereocenters. The molecule has 156 valence electrons. The summed E-state index contributed by atoms with van der Waals surface area (Å²) in [6.45, 7) is 1.57. The summed E-state index contributed by atoms with van der Waals surface area (Å²) < 4.78 is 15.2. The number of rotatable bonds is 5. The van der Waals surface area contributed by atoms with E-state index in [9.17, 15) is 30.0 Å². The molecule has 0 radical (unpaired) electrons. The van der Waals surface area contributed by atoms with Crippen LogP contribution in [-0.2, 0) is 19.1 Å². The number of esters is 1. The van der Waals surface area contributed by atoms with E-state index in [1.54, 1.807) is 32.2 Å². The van der Waals surface area contributed by atoms with Crippen molar-refractivity contribution in [1.29, 1.82) is 0 Å². The monoisotopic (exact) mass is 405 g/mol. The Hall–Kier alpha value is -2.72. The van der Waals surface area contributed by atoms with E-state index in [-0.39, 0.29) is 0 Å². The largest absolute Gasteiger partial charge is 0.547 e. The van der Waals surface area contributed by atoms with Crippen LogP contribution in [0.3, 0.4) is 0 Å². The minimum absolute atomic E-state index is 0.620. The normalized spacial score (nSPS) is 28.0. The number of hydrogen-bond acceptors (Lipinski definition) is 9. The van der Waals surface area contributed by atoms with Crippen LogP contribution in [0.2, 0.25) is 0 Å². The zero-order valence-corrected chi connectivity index (χ0v) is 15.7. The SMILES string of the molecule is COc1ccc2cc(C(C)C(=O)OC3OC(C(=O)[O-])C(O)C(O)C3O)ccc2c1. The number of aliphatic carboxylic acids is 1. The van der Waals surface area contributed by atoms with Crippen LogP contribution in [-0.4, -0.2) is 65.1 Å². The molecule has 1 saturated heterocycles. The first kappa shape index (κ1) is 21.0. The lowest BCUT2D eigenvalue weighted by Crippen LogP contribution is -2.62. The van der Waals surface area contributed by atoms with Gasteiger partial charge in [-0.05, 0) is 35.4 Å². The molecule has 6 atom stereocenters. The molecule has 0 saturated carbocycles. The number of fused-ring (bicyclic) bond motifs is 1. The van der Waals surface area contributed by atoms with Gasteiger partial charge in [0.2, 0.25) is 6.29 Å². The van der Waals surface area contributed by atoms with Gasteiger partial charge >= 0.3 is 5.97 Å². The maximum absolute atomic E-state index is 12.5. The summed E-state index contributed by atoms with van der Waals surface area (Å²) in [7, 11) is 1.57. The molecule has 9 heteroatoms. The van der Waals surface area contributed by atoms with Gasteiger partial charge in [-0.3, -0.25) is 4.79 Å². The van der Waals surface area contributed by atoms with Crippen LogP contribution in [0, 0.1) is 0 Å². The Bertz CT molecular complexity index is 912. The fourth-order valence-electron chi connectivity index (χ4n) is 3.13. The molecular weight excluding hydrogens is 384 g/mol. The highest BCUT2D eigenvalue weighted by molar-refractivity contribution is 5.86. The van der Waals surface area contributed by atoms with Gasteiger partial charge in [0.15, 0.2) is 0 Å². The molecule has 0 amide bonds. The second-order valence-electron chi connectivity index (χ2n) is 6.85. The van der Waals surface area contributed by atoms with Gasteiger partial charge in [0.05, 0.1) is 19.0 Å². The Morgan fingerprint density at radius 2 is 1.69 bits per heavy atom. The number of carboxylic acids is 1. The summed E-state index contributed by atoms with van der Waals surface area (Å²) in [4.78, 5) is 23.6. The third-order valence-electron chi connectivity index (χ3n) is 4.96. The first-order chi connectivity index (χ1) is 13.7. The van der Waals surface area contributed by atoms with Crippen molar-refractivity contribution in [1.82, 2.24) is 0 Å². The van der Waals surface area contributed by atoms with Crippen LogP contribution in [0.4, 0.5) is 0 Å². The number of carboxylic acid groups (broad SMARTS) is 1. The molecule has 9 nitrogen and oxygen atoms in total. The van der Waals surface area contributed by atoms with E-state index in [1.165, 1.54) is 0 Å². The lowest BCUT2D eigenvalue weighted by Gasteiger charge is -2.40. The van der Waals surface area contributed by atoms with E-state index in [4.69, 9.17) is 14.2 Å². The average molecular weight is 405 g/mol. The van der Waals surface area contributed by atoms with Crippen LogP contribution in [0.15, 0.2) is 36.4 Å². The summed E-state index contributed by atoms with van der Waals surface area (Å²) in [6, 6.07) is 10.8. The Kier molecular flexibility index (Phi) is 6.04. The molecule has 0 aliphatic carbocycles. The van der Waals surface area contributed by atoms with E-state index in [0.717, 1.165) is 10.8 Å². The quantitative estimate of drug-likeness (QED) is 0.536. The average Bonchev–Trinajstić information content (AvgIpc) is 2.72. The molecule has 0 aromatic heterocycles. The zero-order valence-electron chi connectivity index (χ0n) is 15.7. The number of aliphatic hydroxyl groups is 3. The molecule has 3 rings (SSSR count). The third-order valence-corrected chi connectivity index (χ3v) is 4.96. The lowest BCUT2D eigenvalue weighted by atomic mass is 9.97. The molecule has 0 spiro atoms. The summed E-state index contributed by atoms with van der Waals surface area (Å²) >= 11 is 0. The number of hydrogen-bond donors (Lipinski definition) is 3. The molecule has 1 aliphatic rings. The Balaban J connectivity index is 1.76. The van der Waals surface area contributed by atoms with Gasteiger partial charge in [-0.1, -0.05) is 24.3 Å². The van der Waals surface area contributed by atoms with Gasteiger partial charge in [0.25, 0.3) is 0 Å². The van der Waals surface area contributed by atoms with Crippen molar-refractivity contribution in [2.24, 2.45) is 0 Å².